The van der Waals surface area contributed by atoms with Crippen molar-refractivity contribution in [3.8, 4) is 11.5 Å². The van der Waals surface area contributed by atoms with E-state index in [1.54, 1.807) is 14.2 Å². The monoisotopic (exact) mass is 466 g/mol. The number of ether oxygens (including phenoxy) is 2. The van der Waals surface area contributed by atoms with Crippen molar-refractivity contribution in [2.75, 3.05) is 14.2 Å². The van der Waals surface area contributed by atoms with Gasteiger partial charge in [-0.1, -0.05) is 111 Å². The molecule has 0 aliphatic heterocycles. The highest BCUT2D eigenvalue weighted by Crippen LogP contribution is 2.41. The second kappa shape index (κ2) is 12.5. The Morgan fingerprint density at radius 2 is 1.13 bits per heavy atom. The highest BCUT2D eigenvalue weighted by atomic mass is 35.7. The molecule has 0 fully saturated rings. The molecule has 158 valence electrons. The maximum atomic E-state index is 6.50. The Bertz CT molecular complexity index is 1060. The fourth-order valence-electron chi connectivity index (χ4n) is 2.91. The van der Waals surface area contributed by atoms with Gasteiger partial charge in [0.2, 0.25) is 0 Å². The molecule has 0 aliphatic carbocycles. The van der Waals surface area contributed by atoms with Crippen LogP contribution in [0.1, 0.15) is 0 Å². The summed E-state index contributed by atoms with van der Waals surface area (Å²) in [6.45, 7) is 0. The van der Waals surface area contributed by atoms with Gasteiger partial charge in [0, 0.05) is 10.6 Å². The van der Waals surface area contributed by atoms with Gasteiger partial charge in [0.05, 0.1) is 21.5 Å². The third-order valence-electron chi connectivity index (χ3n) is 4.44. The minimum absolute atomic E-state index is 0.657. The molecule has 2 atom stereocenters. The number of hydrogen-bond acceptors (Lipinski definition) is 2. The van der Waals surface area contributed by atoms with E-state index in [0.717, 1.165) is 22.1 Å². The first kappa shape index (κ1) is 23.3. The third-order valence-corrected chi connectivity index (χ3v) is 8.42. The van der Waals surface area contributed by atoms with Crippen molar-refractivity contribution in [1.29, 1.82) is 0 Å². The van der Waals surface area contributed by atoms with Crippen LogP contribution < -0.4 is 30.7 Å². The second-order valence-corrected chi connectivity index (χ2v) is 10.4. The average Bonchev–Trinajstić information content (AvgIpc) is 2.85. The van der Waals surface area contributed by atoms with E-state index >= 15 is 0 Å². The predicted molar refractivity (Wildman–Crippen MR) is 138 cm³/mol. The quantitative estimate of drug-likeness (QED) is 0.344. The van der Waals surface area contributed by atoms with E-state index in [2.05, 4.69) is 30.3 Å². The summed E-state index contributed by atoms with van der Waals surface area (Å²) in [6, 6.07) is 36.6. The molecule has 4 aromatic carbocycles. The van der Waals surface area contributed by atoms with Crippen LogP contribution in [0, 0.1) is 0 Å². The molecule has 2 unspecified atom stereocenters. The lowest BCUT2D eigenvalue weighted by Gasteiger charge is -2.13. The van der Waals surface area contributed by atoms with Crippen LogP contribution in [0.5, 0.6) is 11.5 Å². The van der Waals surface area contributed by atoms with Crippen LogP contribution in [-0.4, -0.2) is 14.2 Å². The van der Waals surface area contributed by atoms with Crippen LogP contribution in [0.4, 0.5) is 0 Å². The predicted octanol–water partition coefficient (Wildman–Crippen LogP) is 5.61. The van der Waals surface area contributed by atoms with Crippen LogP contribution in [0.3, 0.4) is 0 Å². The molecule has 0 amide bonds. The van der Waals surface area contributed by atoms with Gasteiger partial charge in [-0.2, -0.15) is 0 Å². The molecule has 5 heteroatoms. The smallest absolute Gasteiger partial charge is 0.128 e. The van der Waals surface area contributed by atoms with Crippen molar-refractivity contribution in [3.63, 3.8) is 0 Å². The number of halogens is 1. The van der Waals surface area contributed by atoms with E-state index in [1.165, 1.54) is 10.6 Å². The van der Waals surface area contributed by atoms with Crippen molar-refractivity contribution in [2.45, 2.75) is 0 Å². The molecular weight excluding hydrogens is 442 g/mol. The van der Waals surface area contributed by atoms with Gasteiger partial charge in [0.25, 0.3) is 0 Å². The summed E-state index contributed by atoms with van der Waals surface area (Å²) in [7, 11) is 3.19. The topological polar surface area (TPSA) is 18.5 Å². The van der Waals surface area contributed by atoms with Crippen LogP contribution in [0.15, 0.2) is 109 Å². The summed E-state index contributed by atoms with van der Waals surface area (Å²) in [5, 5.41) is 4.80. The molecular formula is C26H25ClO2P2. The lowest BCUT2D eigenvalue weighted by Crippen LogP contribution is -2.10. The van der Waals surface area contributed by atoms with E-state index < -0.39 is 7.27 Å². The van der Waals surface area contributed by atoms with E-state index in [0.29, 0.717) is 8.58 Å². The SMILES string of the molecule is COc1ccccc1P(Cl)c1ccccc1.COc1ccccc1Pc1ccccc1. The van der Waals surface area contributed by atoms with Gasteiger partial charge in [-0.05, 0) is 28.8 Å². The van der Waals surface area contributed by atoms with Crippen molar-refractivity contribution < 1.29 is 9.47 Å². The van der Waals surface area contributed by atoms with Crippen molar-refractivity contribution in [1.82, 2.24) is 0 Å². The molecule has 0 N–H and O–H groups in total. The van der Waals surface area contributed by atoms with E-state index in [4.69, 9.17) is 20.7 Å². The Hall–Kier alpha value is -2.37. The minimum atomic E-state index is -0.850. The maximum Gasteiger partial charge on any atom is 0.128 e. The van der Waals surface area contributed by atoms with Crippen LogP contribution in [-0.2, 0) is 0 Å². The van der Waals surface area contributed by atoms with Gasteiger partial charge in [-0.25, -0.2) is 0 Å². The zero-order valence-corrected chi connectivity index (χ0v) is 20.2. The summed E-state index contributed by atoms with van der Waals surface area (Å²) in [5.41, 5.74) is 0. The van der Waals surface area contributed by atoms with Crippen molar-refractivity contribution in [3.05, 3.63) is 109 Å². The Morgan fingerprint density at radius 3 is 1.77 bits per heavy atom. The molecule has 0 heterocycles. The molecule has 31 heavy (non-hydrogen) atoms. The largest absolute Gasteiger partial charge is 0.496 e. The number of hydrogen-bond donors (Lipinski definition) is 0. The summed E-state index contributed by atoms with van der Waals surface area (Å²) >= 11 is 6.50. The van der Waals surface area contributed by atoms with Gasteiger partial charge >= 0.3 is 0 Å². The Kier molecular flexibility index (Phi) is 9.38. The number of rotatable bonds is 6. The molecule has 0 aromatic heterocycles. The van der Waals surface area contributed by atoms with Gasteiger partial charge in [-0.3, -0.25) is 0 Å². The van der Waals surface area contributed by atoms with E-state index in [1.807, 2.05) is 78.9 Å². The van der Waals surface area contributed by atoms with Gasteiger partial charge in [0.15, 0.2) is 0 Å². The molecule has 4 aromatic rings. The average molecular weight is 467 g/mol. The highest BCUT2D eigenvalue weighted by Gasteiger charge is 2.14. The van der Waals surface area contributed by atoms with Crippen LogP contribution in [0.2, 0.25) is 0 Å². The zero-order chi connectivity index (χ0) is 21.9. The molecule has 4 rings (SSSR count). The number of benzene rings is 4. The Labute approximate surface area is 192 Å². The lowest BCUT2D eigenvalue weighted by atomic mass is 10.3. The van der Waals surface area contributed by atoms with Crippen molar-refractivity contribution >= 4 is 48.3 Å². The van der Waals surface area contributed by atoms with Crippen LogP contribution >= 0.6 is 27.1 Å². The summed E-state index contributed by atoms with van der Waals surface area (Å²) in [4.78, 5) is 0. The molecule has 0 saturated heterocycles. The van der Waals surface area contributed by atoms with Gasteiger partial charge in [-0.15, -0.1) is 0 Å². The Balaban J connectivity index is 0.000000176. The summed E-state index contributed by atoms with van der Waals surface area (Å²) in [6.07, 6.45) is 0. The van der Waals surface area contributed by atoms with E-state index in [-0.39, 0.29) is 0 Å². The van der Waals surface area contributed by atoms with Crippen molar-refractivity contribution in [2.24, 2.45) is 0 Å². The lowest BCUT2D eigenvalue weighted by molar-refractivity contribution is 0.418. The van der Waals surface area contributed by atoms with Crippen LogP contribution in [0.25, 0.3) is 0 Å². The fraction of sp³-hybridized carbons (Fsp3) is 0.0769. The van der Waals surface area contributed by atoms with Gasteiger partial charge < -0.3 is 9.47 Å². The van der Waals surface area contributed by atoms with E-state index in [9.17, 15) is 0 Å². The zero-order valence-electron chi connectivity index (χ0n) is 17.5. The standard InChI is InChI=1S/C13H12ClOP.C13H13OP/c1-15-12-9-5-6-10-13(12)16(14)11-7-3-2-4-8-11;1-14-12-9-5-6-10-13(12)15-11-7-3-2-4-8-11/h2-10H,1H3;2-10,15H,1H3. The third kappa shape index (κ3) is 6.81. The van der Waals surface area contributed by atoms with Gasteiger partial charge in [0.1, 0.15) is 11.5 Å². The minimum Gasteiger partial charge on any atom is -0.496 e. The first-order chi connectivity index (χ1) is 15.2. The first-order valence-electron chi connectivity index (χ1n) is 9.82. The summed E-state index contributed by atoms with van der Waals surface area (Å²) < 4.78 is 10.6. The molecule has 2 nitrogen and oxygen atoms in total. The molecule has 0 saturated carbocycles. The highest BCUT2D eigenvalue weighted by molar-refractivity contribution is 7.95. The molecule has 0 spiro atoms. The summed E-state index contributed by atoms with van der Waals surface area (Å²) in [5.74, 6) is 1.83. The molecule has 0 bridgehead atoms. The second-order valence-electron chi connectivity index (χ2n) is 6.48. The Morgan fingerprint density at radius 1 is 0.613 bits per heavy atom. The molecule has 0 radical (unpaired) electrons. The fourth-order valence-corrected chi connectivity index (χ4v) is 6.12. The normalized spacial score (nSPS) is 11.5. The number of para-hydroxylation sites is 2. The molecule has 0 aliphatic rings. The first-order valence-corrected chi connectivity index (χ1v) is 13.1. The number of methoxy groups -OCH3 is 2. The maximum absolute atomic E-state index is 6.50.